The van der Waals surface area contributed by atoms with Gasteiger partial charge in [-0.15, -0.1) is 11.3 Å². The van der Waals surface area contributed by atoms with Crippen LogP contribution in [0.15, 0.2) is 62.3 Å². The van der Waals surface area contributed by atoms with Crippen LogP contribution in [0, 0.1) is 6.92 Å². The van der Waals surface area contributed by atoms with Crippen LogP contribution >= 0.6 is 34.9 Å². The van der Waals surface area contributed by atoms with Crippen molar-refractivity contribution < 1.29 is 4.79 Å². The van der Waals surface area contributed by atoms with Gasteiger partial charge in [0.25, 0.3) is 5.91 Å². The first-order valence-corrected chi connectivity index (χ1v) is 13.3. The first-order valence-electron chi connectivity index (χ1n) is 10.8. The van der Waals surface area contributed by atoms with Crippen molar-refractivity contribution in [2.24, 2.45) is 4.99 Å². The maximum atomic E-state index is 13.5. The van der Waals surface area contributed by atoms with Crippen LogP contribution in [0.4, 0.5) is 11.4 Å². The minimum Gasteiger partial charge on any atom is -0.334 e. The van der Waals surface area contributed by atoms with Crippen LogP contribution in [-0.2, 0) is 4.79 Å². The van der Waals surface area contributed by atoms with Gasteiger partial charge < -0.3 is 4.90 Å². The molecule has 1 fully saturated rings. The monoisotopic (exact) mass is 480 g/mol. The van der Waals surface area contributed by atoms with E-state index in [1.165, 1.54) is 22.3 Å². The number of para-hydroxylation sites is 1. The summed E-state index contributed by atoms with van der Waals surface area (Å²) in [4.78, 5) is 29.1. The molecule has 0 bridgehead atoms. The fourth-order valence-corrected chi connectivity index (χ4v) is 7.14. The molecule has 0 spiro atoms. The van der Waals surface area contributed by atoms with Crippen LogP contribution in [0.1, 0.15) is 31.7 Å². The summed E-state index contributed by atoms with van der Waals surface area (Å²) in [6.07, 6.45) is 1.98. The molecule has 32 heavy (non-hydrogen) atoms. The number of carbonyl (C=O) groups excluding carboxylic acids is 1. The molecule has 3 heterocycles. The van der Waals surface area contributed by atoms with E-state index in [1.807, 2.05) is 24.0 Å². The predicted octanol–water partition coefficient (Wildman–Crippen LogP) is 6.77. The second-order valence-electron chi connectivity index (χ2n) is 7.64. The second kappa shape index (κ2) is 8.92. The Labute approximate surface area is 200 Å². The summed E-state index contributed by atoms with van der Waals surface area (Å²) in [5.74, 6) is 0.0608. The molecule has 3 aromatic rings. The molecular formula is C24H24N4OS3. The molecule has 2 aliphatic heterocycles. The molecule has 1 saturated heterocycles. The van der Waals surface area contributed by atoms with Crippen LogP contribution in [0.3, 0.4) is 0 Å². The van der Waals surface area contributed by atoms with E-state index in [0.717, 1.165) is 55.4 Å². The standard InChI is InChI=1S/C24H24N4OS3/c1-4-6-13-28-22(29)21(23-27(5-2)18-9-7-8-10-19(18)31-23)32-24(28)26-16-11-12-17-20(14-16)30-15(3)25-17/h7-12,14H,4-6,13H2,1-3H3. The van der Waals surface area contributed by atoms with Gasteiger partial charge >= 0.3 is 0 Å². The molecule has 2 aromatic carbocycles. The minimum atomic E-state index is 0.0608. The van der Waals surface area contributed by atoms with Gasteiger partial charge in [0, 0.05) is 18.0 Å². The lowest BCUT2D eigenvalue weighted by Crippen LogP contribution is -2.30. The van der Waals surface area contributed by atoms with E-state index in [9.17, 15) is 4.79 Å². The molecule has 164 valence electrons. The van der Waals surface area contributed by atoms with Gasteiger partial charge in [-0.25, -0.2) is 9.98 Å². The van der Waals surface area contributed by atoms with E-state index in [-0.39, 0.29) is 5.91 Å². The first kappa shape index (κ1) is 21.6. The average Bonchev–Trinajstić information content (AvgIpc) is 3.44. The SMILES string of the molecule is CCCCN1C(=O)C(=C2Sc3ccccc3N2CC)SC1=Nc1ccc2nc(C)sc2c1. The third kappa shape index (κ3) is 3.84. The number of amides is 1. The average molecular weight is 481 g/mol. The lowest BCUT2D eigenvalue weighted by atomic mass is 10.3. The van der Waals surface area contributed by atoms with Gasteiger partial charge in [0.1, 0.15) is 9.93 Å². The Morgan fingerprint density at radius 3 is 2.72 bits per heavy atom. The quantitative estimate of drug-likeness (QED) is 0.377. The number of benzene rings is 2. The van der Waals surface area contributed by atoms with Gasteiger partial charge in [0.05, 0.1) is 26.6 Å². The van der Waals surface area contributed by atoms with Crippen molar-refractivity contribution in [3.05, 3.63) is 57.4 Å². The van der Waals surface area contributed by atoms with E-state index in [2.05, 4.69) is 54.1 Å². The number of fused-ring (bicyclic) bond motifs is 2. The Kier molecular flexibility index (Phi) is 6.01. The predicted molar refractivity (Wildman–Crippen MR) is 138 cm³/mol. The molecule has 1 aromatic heterocycles. The van der Waals surface area contributed by atoms with E-state index >= 15 is 0 Å². The van der Waals surface area contributed by atoms with Crippen molar-refractivity contribution >= 4 is 67.5 Å². The highest BCUT2D eigenvalue weighted by molar-refractivity contribution is 8.19. The summed E-state index contributed by atoms with van der Waals surface area (Å²) in [7, 11) is 0. The lowest BCUT2D eigenvalue weighted by Gasteiger charge is -2.19. The molecule has 5 rings (SSSR count). The van der Waals surface area contributed by atoms with Gasteiger partial charge in [0.15, 0.2) is 5.17 Å². The van der Waals surface area contributed by atoms with Crippen molar-refractivity contribution in [1.82, 2.24) is 9.88 Å². The van der Waals surface area contributed by atoms with E-state index in [1.54, 1.807) is 23.1 Å². The van der Waals surface area contributed by atoms with Crippen molar-refractivity contribution in [1.29, 1.82) is 0 Å². The van der Waals surface area contributed by atoms with Gasteiger partial charge in [-0.2, -0.15) is 0 Å². The van der Waals surface area contributed by atoms with Gasteiger partial charge in [0.2, 0.25) is 0 Å². The summed E-state index contributed by atoms with van der Waals surface area (Å²) in [6.45, 7) is 7.79. The van der Waals surface area contributed by atoms with E-state index in [4.69, 9.17) is 4.99 Å². The zero-order valence-corrected chi connectivity index (χ0v) is 20.7. The molecule has 0 N–H and O–H groups in total. The van der Waals surface area contributed by atoms with Gasteiger partial charge in [-0.3, -0.25) is 9.69 Å². The minimum absolute atomic E-state index is 0.0608. The molecule has 8 heteroatoms. The number of hydrogen-bond acceptors (Lipinski definition) is 7. The molecule has 0 radical (unpaired) electrons. The number of amidine groups is 1. The van der Waals surface area contributed by atoms with Crippen molar-refractivity contribution in [2.45, 2.75) is 38.5 Å². The number of carbonyl (C=O) groups is 1. The maximum Gasteiger partial charge on any atom is 0.269 e. The van der Waals surface area contributed by atoms with Crippen LogP contribution in [-0.4, -0.2) is 34.0 Å². The Hall–Kier alpha value is -2.29. The number of thioether (sulfide) groups is 2. The van der Waals surface area contributed by atoms with Gasteiger partial charge in [-0.05, 0) is 62.4 Å². The number of aryl methyl sites for hydroxylation is 1. The van der Waals surface area contributed by atoms with Crippen LogP contribution in [0.5, 0.6) is 0 Å². The number of aromatic nitrogens is 1. The third-order valence-corrected chi connectivity index (χ3v) is 8.73. The Morgan fingerprint density at radius 2 is 1.91 bits per heavy atom. The Balaban J connectivity index is 1.55. The molecule has 0 aliphatic carbocycles. The maximum absolute atomic E-state index is 13.5. The zero-order valence-electron chi connectivity index (χ0n) is 18.3. The largest absolute Gasteiger partial charge is 0.334 e. The number of aliphatic imine (C=N–C) groups is 1. The number of nitrogens with zero attached hydrogens (tertiary/aromatic N) is 4. The highest BCUT2D eigenvalue weighted by Crippen LogP contribution is 2.50. The molecule has 5 nitrogen and oxygen atoms in total. The summed E-state index contributed by atoms with van der Waals surface area (Å²) in [5, 5.41) is 2.83. The highest BCUT2D eigenvalue weighted by Gasteiger charge is 2.39. The molecular weight excluding hydrogens is 456 g/mol. The molecule has 0 atom stereocenters. The molecule has 1 amide bonds. The van der Waals surface area contributed by atoms with E-state index < -0.39 is 0 Å². The van der Waals surface area contributed by atoms with Crippen LogP contribution < -0.4 is 4.90 Å². The van der Waals surface area contributed by atoms with Gasteiger partial charge in [-0.1, -0.05) is 37.2 Å². The summed E-state index contributed by atoms with van der Waals surface area (Å²) in [5.41, 5.74) is 3.03. The van der Waals surface area contributed by atoms with Crippen LogP contribution in [0.2, 0.25) is 0 Å². The molecule has 0 saturated carbocycles. The molecule has 0 unspecified atom stereocenters. The lowest BCUT2D eigenvalue weighted by molar-refractivity contribution is -0.122. The fourth-order valence-electron chi connectivity index (χ4n) is 3.86. The molecule has 2 aliphatic rings. The third-order valence-electron chi connectivity index (χ3n) is 5.42. The summed E-state index contributed by atoms with van der Waals surface area (Å²) < 4.78 is 1.12. The number of rotatable bonds is 5. The zero-order chi connectivity index (χ0) is 22.2. The fraction of sp³-hybridized carbons (Fsp3) is 0.292. The topological polar surface area (TPSA) is 48.8 Å². The first-order chi connectivity index (χ1) is 15.6. The number of hydrogen-bond donors (Lipinski definition) is 0. The van der Waals surface area contributed by atoms with Crippen molar-refractivity contribution in [3.8, 4) is 0 Å². The Morgan fingerprint density at radius 1 is 1.06 bits per heavy atom. The van der Waals surface area contributed by atoms with E-state index in [0.29, 0.717) is 6.54 Å². The number of unbranched alkanes of at least 4 members (excludes halogenated alkanes) is 1. The highest BCUT2D eigenvalue weighted by atomic mass is 32.2. The van der Waals surface area contributed by atoms with Crippen molar-refractivity contribution in [3.63, 3.8) is 0 Å². The normalized spacial score (nSPS) is 19.6. The summed E-state index contributed by atoms with van der Waals surface area (Å²) in [6, 6.07) is 14.4. The van der Waals surface area contributed by atoms with Crippen LogP contribution in [0.25, 0.3) is 10.2 Å². The second-order valence-corrected chi connectivity index (χ2v) is 10.9. The summed E-state index contributed by atoms with van der Waals surface area (Å²) >= 11 is 4.85. The number of thiazole rings is 1. The van der Waals surface area contributed by atoms with Crippen molar-refractivity contribution in [2.75, 3.05) is 18.0 Å². The Bertz CT molecular complexity index is 1260. The smallest absolute Gasteiger partial charge is 0.269 e. The number of anilines is 1.